The highest BCUT2D eigenvalue weighted by Gasteiger charge is 2.13. The van der Waals surface area contributed by atoms with Gasteiger partial charge in [0.1, 0.15) is 6.33 Å². The van der Waals surface area contributed by atoms with E-state index in [1.807, 2.05) is 6.07 Å². The number of fused-ring (bicyclic) bond motifs is 2. The molecular formula is C20H21N7O3. The lowest BCUT2D eigenvalue weighted by Crippen LogP contribution is -2.37. The third kappa shape index (κ3) is 3.40. The molecule has 5 rings (SSSR count). The fraction of sp³-hybridized carbons (Fsp3) is 0.350. The summed E-state index contributed by atoms with van der Waals surface area (Å²) >= 11 is 0. The van der Waals surface area contributed by atoms with Crippen molar-refractivity contribution in [3.63, 3.8) is 0 Å². The molecule has 1 fully saturated rings. The summed E-state index contributed by atoms with van der Waals surface area (Å²) in [6.07, 6.45) is 5.57. The number of aromatic amines is 1. The van der Waals surface area contributed by atoms with Crippen LogP contribution in [-0.2, 0) is 11.3 Å². The number of ether oxygens (including phenoxy) is 1. The van der Waals surface area contributed by atoms with Crippen molar-refractivity contribution in [2.75, 3.05) is 32.8 Å². The molecule has 10 nitrogen and oxygen atoms in total. The quantitative estimate of drug-likeness (QED) is 0.481. The summed E-state index contributed by atoms with van der Waals surface area (Å²) in [4.78, 5) is 36.8. The Balaban J connectivity index is 1.48. The Morgan fingerprint density at radius 2 is 1.77 bits per heavy atom. The second-order valence-electron chi connectivity index (χ2n) is 7.28. The fourth-order valence-electron chi connectivity index (χ4n) is 3.81. The van der Waals surface area contributed by atoms with Gasteiger partial charge in [0.25, 0.3) is 11.1 Å². The molecule has 0 saturated carbocycles. The Morgan fingerprint density at radius 3 is 2.53 bits per heavy atom. The van der Waals surface area contributed by atoms with Crippen LogP contribution in [0, 0.1) is 0 Å². The Bertz CT molecular complexity index is 1300. The SMILES string of the molecule is O=c1c2cc3c(=O)n(-c4ncn[nH]4)ccc3nc2ccn1CCCN1CCOCC1. The van der Waals surface area contributed by atoms with Crippen LogP contribution in [0.3, 0.4) is 0 Å². The number of nitrogens with zero attached hydrogens (tertiary/aromatic N) is 6. The Morgan fingerprint density at radius 1 is 1.00 bits per heavy atom. The Kier molecular flexibility index (Phi) is 4.85. The van der Waals surface area contributed by atoms with Gasteiger partial charge < -0.3 is 9.30 Å². The molecule has 10 heteroatoms. The number of hydrogen-bond acceptors (Lipinski definition) is 7. The molecule has 30 heavy (non-hydrogen) atoms. The van der Waals surface area contributed by atoms with Gasteiger partial charge in [-0.05, 0) is 24.6 Å². The number of hydrogen-bond donors (Lipinski definition) is 1. The first-order valence-electron chi connectivity index (χ1n) is 9.92. The van der Waals surface area contributed by atoms with Crippen LogP contribution < -0.4 is 11.1 Å². The molecule has 0 bridgehead atoms. The molecule has 1 N–H and O–H groups in total. The van der Waals surface area contributed by atoms with Crippen molar-refractivity contribution in [1.82, 2.24) is 34.2 Å². The predicted octanol–water partition coefficient (Wildman–Crippen LogP) is 0.541. The van der Waals surface area contributed by atoms with E-state index >= 15 is 0 Å². The fourth-order valence-corrected chi connectivity index (χ4v) is 3.81. The zero-order chi connectivity index (χ0) is 20.5. The third-order valence-corrected chi connectivity index (χ3v) is 5.42. The molecule has 0 atom stereocenters. The number of rotatable bonds is 5. The van der Waals surface area contributed by atoms with Crippen molar-refractivity contribution in [3.05, 3.63) is 57.6 Å². The summed E-state index contributed by atoms with van der Waals surface area (Å²) in [5.74, 6) is 0.315. The van der Waals surface area contributed by atoms with Gasteiger partial charge in [0.05, 0.1) is 35.0 Å². The maximum absolute atomic E-state index is 13.0. The second kappa shape index (κ2) is 7.81. The molecule has 1 aliphatic heterocycles. The minimum atomic E-state index is -0.305. The van der Waals surface area contributed by atoms with Crippen LogP contribution >= 0.6 is 0 Å². The van der Waals surface area contributed by atoms with Crippen LogP contribution in [0.25, 0.3) is 27.8 Å². The summed E-state index contributed by atoms with van der Waals surface area (Å²) < 4.78 is 8.41. The topological polar surface area (TPSA) is 111 Å². The number of morpholine rings is 1. The smallest absolute Gasteiger partial charge is 0.266 e. The van der Waals surface area contributed by atoms with E-state index < -0.39 is 0 Å². The lowest BCUT2D eigenvalue weighted by molar-refractivity contribution is 0.0369. The Labute approximate surface area is 170 Å². The molecule has 0 aromatic carbocycles. The van der Waals surface area contributed by atoms with Crippen LogP contribution in [0.4, 0.5) is 0 Å². The second-order valence-corrected chi connectivity index (χ2v) is 7.28. The molecule has 154 valence electrons. The maximum atomic E-state index is 13.0. The molecule has 1 aliphatic rings. The average molecular weight is 407 g/mol. The molecule has 0 spiro atoms. The van der Waals surface area contributed by atoms with E-state index in [1.54, 1.807) is 29.1 Å². The molecule has 4 aromatic rings. The first kappa shape index (κ1) is 18.6. The number of pyridine rings is 3. The lowest BCUT2D eigenvalue weighted by Gasteiger charge is -2.26. The van der Waals surface area contributed by atoms with Crippen molar-refractivity contribution in [3.8, 4) is 5.95 Å². The molecule has 4 aromatic heterocycles. The van der Waals surface area contributed by atoms with Gasteiger partial charge in [-0.15, -0.1) is 0 Å². The molecule has 1 saturated heterocycles. The van der Waals surface area contributed by atoms with Crippen molar-refractivity contribution >= 4 is 21.8 Å². The normalized spacial score (nSPS) is 15.2. The van der Waals surface area contributed by atoms with Crippen LogP contribution in [0.2, 0.25) is 0 Å². The van der Waals surface area contributed by atoms with Crippen LogP contribution in [0.15, 0.2) is 46.5 Å². The summed E-state index contributed by atoms with van der Waals surface area (Å²) in [5.41, 5.74) is 0.667. The van der Waals surface area contributed by atoms with E-state index in [1.165, 1.54) is 10.9 Å². The first-order chi connectivity index (χ1) is 14.7. The maximum Gasteiger partial charge on any atom is 0.266 e. The van der Waals surface area contributed by atoms with E-state index in [4.69, 9.17) is 4.74 Å². The van der Waals surface area contributed by atoms with Gasteiger partial charge in [0.15, 0.2) is 0 Å². The number of nitrogens with one attached hydrogen (secondary N) is 1. The van der Waals surface area contributed by atoms with Crippen molar-refractivity contribution < 1.29 is 4.74 Å². The zero-order valence-corrected chi connectivity index (χ0v) is 16.3. The van der Waals surface area contributed by atoms with Gasteiger partial charge in [0.2, 0.25) is 5.95 Å². The van der Waals surface area contributed by atoms with Crippen molar-refractivity contribution in [2.24, 2.45) is 0 Å². The van der Waals surface area contributed by atoms with E-state index in [-0.39, 0.29) is 11.1 Å². The molecule has 0 unspecified atom stereocenters. The number of H-pyrrole nitrogens is 1. The lowest BCUT2D eigenvalue weighted by atomic mass is 10.2. The monoisotopic (exact) mass is 407 g/mol. The third-order valence-electron chi connectivity index (χ3n) is 5.42. The van der Waals surface area contributed by atoms with Crippen molar-refractivity contribution in [2.45, 2.75) is 13.0 Å². The summed E-state index contributed by atoms with van der Waals surface area (Å²) in [5, 5.41) is 7.25. The molecule has 0 amide bonds. The van der Waals surface area contributed by atoms with Gasteiger partial charge in [-0.1, -0.05) is 0 Å². The average Bonchev–Trinajstić information content (AvgIpc) is 3.30. The standard InChI is InChI=1S/C20H21N7O3/c28-18-14-12-15-17(3-7-27(19(15)29)20-21-13-22-24-20)23-16(14)2-6-26(18)5-1-4-25-8-10-30-11-9-25/h2-3,6-7,12-13H,1,4-5,8-11H2,(H,21,22,24). The van der Waals surface area contributed by atoms with E-state index in [0.29, 0.717) is 34.3 Å². The first-order valence-corrected chi connectivity index (χ1v) is 9.92. The van der Waals surface area contributed by atoms with E-state index in [2.05, 4.69) is 25.1 Å². The predicted molar refractivity (Wildman–Crippen MR) is 111 cm³/mol. The number of aryl methyl sites for hydroxylation is 1. The minimum Gasteiger partial charge on any atom is -0.379 e. The highest BCUT2D eigenvalue weighted by molar-refractivity contribution is 5.91. The largest absolute Gasteiger partial charge is 0.379 e. The number of aromatic nitrogens is 6. The Hall–Kier alpha value is -3.37. The molecule has 0 aliphatic carbocycles. The molecule has 0 radical (unpaired) electrons. The van der Waals surface area contributed by atoms with Crippen molar-refractivity contribution in [1.29, 1.82) is 0 Å². The van der Waals surface area contributed by atoms with Crippen LogP contribution in [0.5, 0.6) is 0 Å². The minimum absolute atomic E-state index is 0.140. The molecule has 5 heterocycles. The van der Waals surface area contributed by atoms with Gasteiger partial charge >= 0.3 is 0 Å². The van der Waals surface area contributed by atoms with E-state index in [0.717, 1.165) is 39.3 Å². The van der Waals surface area contributed by atoms with Crippen LogP contribution in [-0.4, -0.2) is 67.0 Å². The van der Waals surface area contributed by atoms with Gasteiger partial charge in [0, 0.05) is 38.6 Å². The van der Waals surface area contributed by atoms with Gasteiger partial charge in [-0.2, -0.15) is 10.1 Å². The van der Waals surface area contributed by atoms with Gasteiger partial charge in [-0.3, -0.25) is 19.1 Å². The van der Waals surface area contributed by atoms with E-state index in [9.17, 15) is 9.59 Å². The van der Waals surface area contributed by atoms with Crippen LogP contribution in [0.1, 0.15) is 6.42 Å². The highest BCUT2D eigenvalue weighted by atomic mass is 16.5. The molecular weight excluding hydrogens is 386 g/mol. The highest BCUT2D eigenvalue weighted by Crippen LogP contribution is 2.15. The summed E-state index contributed by atoms with van der Waals surface area (Å²) in [6.45, 7) is 4.92. The summed E-state index contributed by atoms with van der Waals surface area (Å²) in [7, 11) is 0. The van der Waals surface area contributed by atoms with Gasteiger partial charge in [-0.25, -0.2) is 10.1 Å². The zero-order valence-electron chi connectivity index (χ0n) is 16.3. The summed E-state index contributed by atoms with van der Waals surface area (Å²) in [6, 6.07) is 5.19.